The molecule has 0 bridgehead atoms. The molecule has 0 saturated heterocycles. The standard InChI is InChI=1S/C8H13NOS/c1-2-7(9)8(10)6-3-4-11-5-6/h3-5,7-8,10H,2,9H2,1H3. The zero-order valence-corrected chi connectivity index (χ0v) is 7.34. The van der Waals surface area contributed by atoms with Gasteiger partial charge in [-0.25, -0.2) is 0 Å². The van der Waals surface area contributed by atoms with Crippen LogP contribution in [0.4, 0.5) is 0 Å². The average molecular weight is 171 g/mol. The van der Waals surface area contributed by atoms with Gasteiger partial charge in [-0.15, -0.1) is 0 Å². The summed E-state index contributed by atoms with van der Waals surface area (Å²) < 4.78 is 0. The fraction of sp³-hybridized carbons (Fsp3) is 0.500. The summed E-state index contributed by atoms with van der Waals surface area (Å²) in [7, 11) is 0. The third kappa shape index (κ3) is 2.02. The lowest BCUT2D eigenvalue weighted by Crippen LogP contribution is -2.26. The van der Waals surface area contributed by atoms with Gasteiger partial charge in [0.15, 0.2) is 0 Å². The highest BCUT2D eigenvalue weighted by Crippen LogP contribution is 2.19. The lowest BCUT2D eigenvalue weighted by molar-refractivity contribution is 0.145. The van der Waals surface area contributed by atoms with Crippen molar-refractivity contribution in [1.82, 2.24) is 0 Å². The molecule has 0 aliphatic rings. The molecule has 62 valence electrons. The van der Waals surface area contributed by atoms with E-state index in [1.165, 1.54) is 0 Å². The van der Waals surface area contributed by atoms with Gasteiger partial charge in [0.2, 0.25) is 0 Å². The number of aliphatic hydroxyl groups excluding tert-OH is 1. The average Bonchev–Trinajstić information content (AvgIpc) is 2.53. The van der Waals surface area contributed by atoms with Crippen molar-refractivity contribution in [1.29, 1.82) is 0 Å². The number of thiophene rings is 1. The number of rotatable bonds is 3. The quantitative estimate of drug-likeness (QED) is 0.724. The van der Waals surface area contributed by atoms with E-state index in [0.717, 1.165) is 12.0 Å². The summed E-state index contributed by atoms with van der Waals surface area (Å²) in [5, 5.41) is 13.4. The predicted molar refractivity (Wildman–Crippen MR) is 47.5 cm³/mol. The summed E-state index contributed by atoms with van der Waals surface area (Å²) in [6.45, 7) is 1.97. The van der Waals surface area contributed by atoms with Gasteiger partial charge >= 0.3 is 0 Å². The SMILES string of the molecule is CCC(N)C(O)c1ccsc1. The number of aliphatic hydroxyl groups is 1. The van der Waals surface area contributed by atoms with Crippen LogP contribution in [0.25, 0.3) is 0 Å². The van der Waals surface area contributed by atoms with E-state index in [1.54, 1.807) is 11.3 Å². The van der Waals surface area contributed by atoms with E-state index in [9.17, 15) is 5.11 Å². The molecular formula is C8H13NOS. The van der Waals surface area contributed by atoms with Gasteiger partial charge < -0.3 is 10.8 Å². The molecule has 1 aromatic rings. The highest BCUT2D eigenvalue weighted by Gasteiger charge is 2.14. The Hall–Kier alpha value is -0.380. The molecule has 11 heavy (non-hydrogen) atoms. The van der Waals surface area contributed by atoms with Crippen molar-refractivity contribution in [3.8, 4) is 0 Å². The first kappa shape index (κ1) is 8.71. The van der Waals surface area contributed by atoms with Crippen molar-refractivity contribution in [2.75, 3.05) is 0 Å². The van der Waals surface area contributed by atoms with Crippen molar-refractivity contribution in [3.63, 3.8) is 0 Å². The predicted octanol–water partition coefficient (Wildman–Crippen LogP) is 1.52. The van der Waals surface area contributed by atoms with Crippen LogP contribution in [0.1, 0.15) is 25.0 Å². The Morgan fingerprint density at radius 3 is 2.91 bits per heavy atom. The second-order valence-corrected chi connectivity index (χ2v) is 3.35. The summed E-state index contributed by atoms with van der Waals surface area (Å²) in [6, 6.07) is 1.77. The molecule has 0 spiro atoms. The van der Waals surface area contributed by atoms with Gasteiger partial charge in [0, 0.05) is 6.04 Å². The van der Waals surface area contributed by atoms with Crippen LogP contribution >= 0.6 is 11.3 Å². The van der Waals surface area contributed by atoms with Crippen molar-refractivity contribution < 1.29 is 5.11 Å². The molecule has 2 atom stereocenters. The van der Waals surface area contributed by atoms with E-state index >= 15 is 0 Å². The Balaban J connectivity index is 2.62. The molecule has 3 N–H and O–H groups in total. The molecule has 1 aromatic heterocycles. The summed E-state index contributed by atoms with van der Waals surface area (Å²) in [5.74, 6) is 0. The minimum atomic E-state index is -0.494. The van der Waals surface area contributed by atoms with E-state index in [0.29, 0.717) is 0 Å². The molecule has 0 radical (unpaired) electrons. The maximum Gasteiger partial charge on any atom is 0.0948 e. The molecule has 0 fully saturated rings. The van der Waals surface area contributed by atoms with Gasteiger partial charge in [-0.1, -0.05) is 6.92 Å². The topological polar surface area (TPSA) is 46.2 Å². The van der Waals surface area contributed by atoms with Crippen LogP contribution in [-0.4, -0.2) is 11.1 Å². The summed E-state index contributed by atoms with van der Waals surface area (Å²) in [5.41, 5.74) is 6.60. The summed E-state index contributed by atoms with van der Waals surface area (Å²) in [6.07, 6.45) is 0.308. The molecule has 0 aliphatic heterocycles. The Kier molecular flexibility index (Phi) is 3.05. The highest BCUT2D eigenvalue weighted by molar-refractivity contribution is 7.07. The van der Waals surface area contributed by atoms with E-state index in [2.05, 4.69) is 0 Å². The Labute approximate surface area is 70.7 Å². The largest absolute Gasteiger partial charge is 0.387 e. The van der Waals surface area contributed by atoms with Crippen LogP contribution < -0.4 is 5.73 Å². The van der Waals surface area contributed by atoms with Gasteiger partial charge in [-0.3, -0.25) is 0 Å². The molecule has 2 unspecified atom stereocenters. The van der Waals surface area contributed by atoms with Gasteiger partial charge in [-0.2, -0.15) is 11.3 Å². The normalized spacial score (nSPS) is 16.3. The van der Waals surface area contributed by atoms with E-state index < -0.39 is 6.10 Å². The monoisotopic (exact) mass is 171 g/mol. The number of nitrogens with two attached hydrogens (primary N) is 1. The second-order valence-electron chi connectivity index (χ2n) is 2.57. The van der Waals surface area contributed by atoms with Crippen molar-refractivity contribution in [2.24, 2.45) is 5.73 Å². The lowest BCUT2D eigenvalue weighted by Gasteiger charge is -2.15. The van der Waals surface area contributed by atoms with Gasteiger partial charge in [0.05, 0.1) is 6.10 Å². The summed E-state index contributed by atoms with van der Waals surface area (Å²) in [4.78, 5) is 0. The van der Waals surface area contributed by atoms with Crippen molar-refractivity contribution >= 4 is 11.3 Å². The van der Waals surface area contributed by atoms with Crippen LogP contribution in [0.2, 0.25) is 0 Å². The maximum absolute atomic E-state index is 9.56. The zero-order valence-electron chi connectivity index (χ0n) is 6.53. The number of hydrogen-bond acceptors (Lipinski definition) is 3. The van der Waals surface area contributed by atoms with Crippen LogP contribution in [0.5, 0.6) is 0 Å². The highest BCUT2D eigenvalue weighted by atomic mass is 32.1. The Morgan fingerprint density at radius 2 is 2.45 bits per heavy atom. The van der Waals surface area contributed by atoms with Crippen LogP contribution in [0, 0.1) is 0 Å². The molecule has 1 rings (SSSR count). The third-order valence-corrected chi connectivity index (χ3v) is 2.46. The summed E-state index contributed by atoms with van der Waals surface area (Å²) >= 11 is 1.58. The van der Waals surface area contributed by atoms with Gasteiger partial charge in [0.25, 0.3) is 0 Å². The zero-order chi connectivity index (χ0) is 8.27. The van der Waals surface area contributed by atoms with E-state index in [4.69, 9.17) is 5.73 Å². The smallest absolute Gasteiger partial charge is 0.0948 e. The first-order valence-electron chi connectivity index (χ1n) is 3.71. The van der Waals surface area contributed by atoms with Crippen LogP contribution in [0.3, 0.4) is 0 Å². The molecular weight excluding hydrogens is 158 g/mol. The maximum atomic E-state index is 9.56. The molecule has 0 aromatic carbocycles. The minimum Gasteiger partial charge on any atom is -0.387 e. The van der Waals surface area contributed by atoms with Crippen molar-refractivity contribution in [2.45, 2.75) is 25.5 Å². The first-order chi connectivity index (χ1) is 5.25. The lowest BCUT2D eigenvalue weighted by atomic mass is 10.0. The molecule has 0 amide bonds. The molecule has 2 nitrogen and oxygen atoms in total. The Bertz CT molecular complexity index is 198. The fourth-order valence-electron chi connectivity index (χ4n) is 0.914. The minimum absolute atomic E-state index is 0.135. The van der Waals surface area contributed by atoms with Crippen molar-refractivity contribution in [3.05, 3.63) is 22.4 Å². The Morgan fingerprint density at radius 1 is 1.73 bits per heavy atom. The van der Waals surface area contributed by atoms with Gasteiger partial charge in [-0.05, 0) is 28.8 Å². The molecule has 3 heteroatoms. The third-order valence-electron chi connectivity index (χ3n) is 1.76. The second kappa shape index (κ2) is 3.85. The number of hydrogen-bond donors (Lipinski definition) is 2. The van der Waals surface area contributed by atoms with Crippen LogP contribution in [0.15, 0.2) is 16.8 Å². The molecule has 1 heterocycles. The van der Waals surface area contributed by atoms with E-state index in [1.807, 2.05) is 23.8 Å². The van der Waals surface area contributed by atoms with Gasteiger partial charge in [0.1, 0.15) is 0 Å². The molecule has 0 saturated carbocycles. The molecule has 0 aliphatic carbocycles. The van der Waals surface area contributed by atoms with E-state index in [-0.39, 0.29) is 6.04 Å². The fourth-order valence-corrected chi connectivity index (χ4v) is 1.60. The van der Waals surface area contributed by atoms with Crippen LogP contribution in [-0.2, 0) is 0 Å². The first-order valence-corrected chi connectivity index (χ1v) is 4.65.